The third-order valence-corrected chi connectivity index (χ3v) is 7.47. The second-order valence-electron chi connectivity index (χ2n) is 8.10. The molecule has 1 N–H and O–H groups in total. The van der Waals surface area contributed by atoms with E-state index in [2.05, 4.69) is 19.2 Å². The summed E-state index contributed by atoms with van der Waals surface area (Å²) in [5.74, 6) is 0.553. The van der Waals surface area contributed by atoms with Gasteiger partial charge in [-0.1, -0.05) is 26.0 Å². The number of carbonyl (C=O) groups is 1. The summed E-state index contributed by atoms with van der Waals surface area (Å²) in [6.07, 6.45) is 1.32. The molecule has 1 saturated heterocycles. The van der Waals surface area contributed by atoms with Gasteiger partial charge in [0.2, 0.25) is 15.9 Å². The van der Waals surface area contributed by atoms with Gasteiger partial charge in [0.1, 0.15) is 5.75 Å². The van der Waals surface area contributed by atoms with Crippen LogP contribution in [0.4, 0.5) is 5.69 Å². The van der Waals surface area contributed by atoms with Crippen molar-refractivity contribution in [3.8, 4) is 5.75 Å². The normalized spacial score (nSPS) is 17.7. The third kappa shape index (κ3) is 4.84. The van der Waals surface area contributed by atoms with Crippen LogP contribution in [0.2, 0.25) is 0 Å². The van der Waals surface area contributed by atoms with E-state index in [4.69, 9.17) is 4.74 Å². The molecule has 0 unspecified atom stereocenters. The fourth-order valence-electron chi connectivity index (χ4n) is 3.73. The van der Waals surface area contributed by atoms with Gasteiger partial charge < -0.3 is 10.1 Å². The molecule has 1 heterocycles. The van der Waals surface area contributed by atoms with Crippen molar-refractivity contribution in [2.24, 2.45) is 5.92 Å². The van der Waals surface area contributed by atoms with Gasteiger partial charge in [-0.3, -0.25) is 4.79 Å². The largest absolute Gasteiger partial charge is 0.496 e. The van der Waals surface area contributed by atoms with E-state index in [-0.39, 0.29) is 23.3 Å². The maximum absolute atomic E-state index is 13.1. The Hall–Kier alpha value is -2.38. The van der Waals surface area contributed by atoms with E-state index in [1.807, 2.05) is 31.2 Å². The molecule has 0 aliphatic carbocycles. The predicted octanol–water partition coefficient (Wildman–Crippen LogP) is 4.17. The Bertz CT molecular complexity index is 1000. The van der Waals surface area contributed by atoms with Crippen LogP contribution in [-0.4, -0.2) is 38.8 Å². The molecule has 1 atom stereocenters. The van der Waals surface area contributed by atoms with Gasteiger partial charge in [0, 0.05) is 18.8 Å². The summed E-state index contributed by atoms with van der Waals surface area (Å²) in [5, 5.41) is 2.94. The van der Waals surface area contributed by atoms with E-state index in [0.717, 1.165) is 11.3 Å². The first kappa shape index (κ1) is 22.3. The Labute approximate surface area is 179 Å². The number of rotatable bonds is 6. The number of anilines is 1. The van der Waals surface area contributed by atoms with E-state index in [1.54, 1.807) is 25.3 Å². The maximum atomic E-state index is 13.1. The number of carbonyl (C=O) groups excluding carboxylic acids is 1. The highest BCUT2D eigenvalue weighted by Gasteiger charge is 2.33. The lowest BCUT2D eigenvalue weighted by Crippen LogP contribution is -2.43. The smallest absolute Gasteiger partial charge is 0.243 e. The minimum absolute atomic E-state index is 0.141. The topological polar surface area (TPSA) is 75.7 Å². The van der Waals surface area contributed by atoms with E-state index in [1.165, 1.54) is 9.87 Å². The average molecular weight is 431 g/mol. The van der Waals surface area contributed by atoms with Gasteiger partial charge in [-0.15, -0.1) is 0 Å². The molecule has 0 saturated carbocycles. The van der Waals surface area contributed by atoms with Crippen molar-refractivity contribution in [2.75, 3.05) is 25.5 Å². The van der Waals surface area contributed by atoms with Gasteiger partial charge in [0.25, 0.3) is 0 Å². The number of hydrogen-bond acceptors (Lipinski definition) is 4. The molecule has 1 aliphatic rings. The van der Waals surface area contributed by atoms with Crippen LogP contribution >= 0.6 is 0 Å². The monoisotopic (exact) mass is 430 g/mol. The van der Waals surface area contributed by atoms with Crippen molar-refractivity contribution in [1.82, 2.24) is 4.31 Å². The first-order valence-electron chi connectivity index (χ1n) is 10.3. The molecule has 162 valence electrons. The van der Waals surface area contributed by atoms with E-state index >= 15 is 0 Å². The van der Waals surface area contributed by atoms with Crippen molar-refractivity contribution in [3.63, 3.8) is 0 Å². The number of amides is 1. The van der Waals surface area contributed by atoms with Crippen LogP contribution < -0.4 is 10.1 Å². The zero-order valence-corrected chi connectivity index (χ0v) is 18.8. The molecule has 1 amide bonds. The quantitative estimate of drug-likeness (QED) is 0.746. The summed E-state index contributed by atoms with van der Waals surface area (Å²) in [4.78, 5) is 13.0. The van der Waals surface area contributed by atoms with Crippen molar-refractivity contribution < 1.29 is 17.9 Å². The first-order chi connectivity index (χ1) is 14.2. The highest BCUT2D eigenvalue weighted by molar-refractivity contribution is 7.89. The van der Waals surface area contributed by atoms with Crippen LogP contribution in [0.5, 0.6) is 5.75 Å². The fraction of sp³-hybridized carbons (Fsp3) is 0.435. The Morgan fingerprint density at radius 1 is 1.17 bits per heavy atom. The van der Waals surface area contributed by atoms with Crippen LogP contribution in [0.25, 0.3) is 0 Å². The standard InChI is InChI=1S/C23H30N2O4S/c1-16(2)18-7-9-20(10-8-18)24-23(26)19-6-5-13-25(15-19)30(27,28)21-11-12-22(29-4)17(3)14-21/h7-12,14,16,19H,5-6,13,15H2,1-4H3,(H,24,26)/t19-/m1/s1. The lowest BCUT2D eigenvalue weighted by molar-refractivity contribution is -0.120. The molecule has 0 aromatic heterocycles. The lowest BCUT2D eigenvalue weighted by atomic mass is 9.98. The number of ether oxygens (including phenoxy) is 1. The van der Waals surface area contributed by atoms with Crippen LogP contribution in [0.3, 0.4) is 0 Å². The molecule has 30 heavy (non-hydrogen) atoms. The summed E-state index contributed by atoms with van der Waals surface area (Å²) < 4.78 is 32.9. The average Bonchev–Trinajstić information content (AvgIpc) is 2.74. The summed E-state index contributed by atoms with van der Waals surface area (Å²) >= 11 is 0. The van der Waals surface area contributed by atoms with Gasteiger partial charge >= 0.3 is 0 Å². The van der Waals surface area contributed by atoms with Gasteiger partial charge in [0.15, 0.2) is 0 Å². The van der Waals surface area contributed by atoms with Crippen LogP contribution in [-0.2, 0) is 14.8 Å². The lowest BCUT2D eigenvalue weighted by Gasteiger charge is -2.31. The molecule has 2 aromatic carbocycles. The number of nitrogens with one attached hydrogen (secondary N) is 1. The van der Waals surface area contributed by atoms with Crippen molar-refractivity contribution in [2.45, 2.75) is 44.4 Å². The zero-order valence-electron chi connectivity index (χ0n) is 18.0. The zero-order chi connectivity index (χ0) is 21.9. The Balaban J connectivity index is 1.71. The van der Waals surface area contributed by atoms with Gasteiger partial charge in [-0.2, -0.15) is 4.31 Å². The summed E-state index contributed by atoms with van der Waals surface area (Å²) in [6, 6.07) is 12.6. The van der Waals surface area contributed by atoms with Crippen molar-refractivity contribution in [1.29, 1.82) is 0 Å². The molecule has 6 nitrogen and oxygen atoms in total. The molecule has 2 aromatic rings. The van der Waals surface area contributed by atoms with Crippen molar-refractivity contribution in [3.05, 3.63) is 53.6 Å². The summed E-state index contributed by atoms with van der Waals surface area (Å²) in [6.45, 7) is 6.66. The molecule has 7 heteroatoms. The molecule has 0 bridgehead atoms. The fourth-order valence-corrected chi connectivity index (χ4v) is 5.34. The number of aryl methyl sites for hydroxylation is 1. The Kier molecular flexibility index (Phi) is 6.83. The number of methoxy groups -OCH3 is 1. The van der Waals surface area contributed by atoms with Gasteiger partial charge in [0.05, 0.1) is 17.9 Å². The third-order valence-electron chi connectivity index (χ3n) is 5.60. The summed E-state index contributed by atoms with van der Waals surface area (Å²) in [5.41, 5.74) is 2.70. The second kappa shape index (κ2) is 9.18. The Morgan fingerprint density at radius 2 is 1.87 bits per heavy atom. The van der Waals surface area contributed by atoms with E-state index in [0.29, 0.717) is 31.1 Å². The molecule has 0 spiro atoms. The molecular formula is C23H30N2O4S. The molecule has 1 aliphatic heterocycles. The van der Waals surface area contributed by atoms with Crippen LogP contribution in [0.15, 0.2) is 47.4 Å². The van der Waals surface area contributed by atoms with Crippen LogP contribution in [0.1, 0.15) is 43.7 Å². The van der Waals surface area contributed by atoms with E-state index < -0.39 is 10.0 Å². The number of piperidine rings is 1. The van der Waals surface area contributed by atoms with Gasteiger partial charge in [-0.05, 0) is 67.1 Å². The van der Waals surface area contributed by atoms with E-state index in [9.17, 15) is 13.2 Å². The highest BCUT2D eigenvalue weighted by atomic mass is 32.2. The highest BCUT2D eigenvalue weighted by Crippen LogP contribution is 2.28. The molecular weight excluding hydrogens is 400 g/mol. The Morgan fingerprint density at radius 3 is 2.47 bits per heavy atom. The first-order valence-corrected chi connectivity index (χ1v) is 11.7. The maximum Gasteiger partial charge on any atom is 0.243 e. The molecule has 1 fully saturated rings. The molecule has 0 radical (unpaired) electrons. The van der Waals surface area contributed by atoms with Crippen LogP contribution in [0, 0.1) is 12.8 Å². The number of hydrogen-bond donors (Lipinski definition) is 1. The van der Waals surface area contributed by atoms with Gasteiger partial charge in [-0.25, -0.2) is 8.42 Å². The minimum Gasteiger partial charge on any atom is -0.496 e. The molecule has 3 rings (SSSR count). The van der Waals surface area contributed by atoms with Crippen molar-refractivity contribution >= 4 is 21.6 Å². The summed E-state index contributed by atoms with van der Waals surface area (Å²) in [7, 11) is -2.11. The number of nitrogens with zero attached hydrogens (tertiary/aromatic N) is 1. The minimum atomic E-state index is -3.67. The predicted molar refractivity (Wildman–Crippen MR) is 118 cm³/mol. The second-order valence-corrected chi connectivity index (χ2v) is 10.0. The number of sulfonamides is 1. The SMILES string of the molecule is COc1ccc(S(=O)(=O)N2CCC[C@@H](C(=O)Nc3ccc(C(C)C)cc3)C2)cc1C. The number of benzene rings is 2.